The predicted molar refractivity (Wildman–Crippen MR) is 113 cm³/mol. The third-order valence-corrected chi connectivity index (χ3v) is 5.31. The van der Waals surface area contributed by atoms with Gasteiger partial charge in [0.25, 0.3) is 5.91 Å². The fourth-order valence-corrected chi connectivity index (χ4v) is 3.63. The molecular weight excluding hydrogens is 382 g/mol. The van der Waals surface area contributed by atoms with E-state index in [-0.39, 0.29) is 6.54 Å². The van der Waals surface area contributed by atoms with E-state index in [4.69, 9.17) is 4.42 Å². The fraction of sp³-hybridized carbons (Fsp3) is 0.261. The Bertz CT molecular complexity index is 1090. The number of aryl methyl sites for hydroxylation is 1. The number of carbonyl (C=O) groups is 3. The van der Waals surface area contributed by atoms with Crippen molar-refractivity contribution >= 4 is 34.5 Å². The van der Waals surface area contributed by atoms with E-state index < -0.39 is 29.9 Å². The van der Waals surface area contributed by atoms with Crippen molar-refractivity contribution in [3.05, 3.63) is 65.9 Å². The number of para-hydroxylation sites is 1. The van der Waals surface area contributed by atoms with Crippen LogP contribution in [0, 0.1) is 6.92 Å². The van der Waals surface area contributed by atoms with Gasteiger partial charge in [0.2, 0.25) is 5.91 Å². The fourth-order valence-electron chi connectivity index (χ4n) is 3.63. The van der Waals surface area contributed by atoms with E-state index in [1.807, 2.05) is 49.4 Å². The molecule has 30 heavy (non-hydrogen) atoms. The largest absolute Gasteiger partial charge is 0.459 e. The molecule has 4 amide bonds. The number of amides is 4. The molecule has 0 bridgehead atoms. The van der Waals surface area contributed by atoms with Crippen molar-refractivity contribution in [2.75, 3.05) is 11.4 Å². The lowest BCUT2D eigenvalue weighted by molar-refractivity contribution is -0.132. The molecule has 0 aliphatic carbocycles. The topological polar surface area (TPSA) is 82.9 Å². The van der Waals surface area contributed by atoms with Crippen LogP contribution in [0.5, 0.6) is 0 Å². The number of benzene rings is 2. The molecule has 1 saturated heterocycles. The first kappa shape index (κ1) is 19.7. The van der Waals surface area contributed by atoms with E-state index in [1.54, 1.807) is 26.0 Å². The van der Waals surface area contributed by atoms with Crippen molar-refractivity contribution in [2.45, 2.75) is 32.9 Å². The van der Waals surface area contributed by atoms with Crippen LogP contribution in [0.3, 0.4) is 0 Å². The smallest absolute Gasteiger partial charge is 0.332 e. The van der Waals surface area contributed by atoms with Crippen LogP contribution in [0.1, 0.15) is 31.2 Å². The van der Waals surface area contributed by atoms with Gasteiger partial charge in [-0.15, -0.1) is 0 Å². The minimum Gasteiger partial charge on any atom is -0.459 e. The number of urea groups is 1. The van der Waals surface area contributed by atoms with Gasteiger partial charge in [-0.1, -0.05) is 35.9 Å². The summed E-state index contributed by atoms with van der Waals surface area (Å²) in [5.74, 6) is -0.215. The van der Waals surface area contributed by atoms with E-state index in [0.717, 1.165) is 21.4 Å². The van der Waals surface area contributed by atoms with Crippen molar-refractivity contribution in [3.8, 4) is 0 Å². The molecule has 1 aromatic heterocycles. The first-order chi connectivity index (χ1) is 14.3. The SMILES string of the molecule is Cc1ccc(N2C(=O)N(CC(=O)N[C@@H](C)c3cc4ccccc4o3)C(=O)[C@@H]2C)cc1. The molecule has 2 aromatic carbocycles. The standard InChI is InChI=1S/C23H23N3O4/c1-14-8-10-18(11-9-14)26-16(3)22(28)25(23(26)29)13-21(27)24-15(2)20-12-17-6-4-5-7-19(17)30-20/h4-12,15-16H,13H2,1-3H3,(H,24,27)/t15-,16-/m0/s1. The van der Waals surface area contributed by atoms with E-state index >= 15 is 0 Å². The highest BCUT2D eigenvalue weighted by Crippen LogP contribution is 2.26. The number of hydrogen-bond donors (Lipinski definition) is 1. The second-order valence-electron chi connectivity index (χ2n) is 7.56. The van der Waals surface area contributed by atoms with Crippen molar-refractivity contribution in [2.24, 2.45) is 0 Å². The molecule has 0 saturated carbocycles. The summed E-state index contributed by atoms with van der Waals surface area (Å²) in [6.07, 6.45) is 0. The number of hydrogen-bond acceptors (Lipinski definition) is 4. The molecule has 2 atom stereocenters. The van der Waals surface area contributed by atoms with Crippen molar-refractivity contribution in [1.29, 1.82) is 0 Å². The van der Waals surface area contributed by atoms with E-state index in [0.29, 0.717) is 11.4 Å². The summed E-state index contributed by atoms with van der Waals surface area (Å²) in [6.45, 7) is 5.07. The molecule has 3 aromatic rings. The number of nitrogens with one attached hydrogen (secondary N) is 1. The second-order valence-corrected chi connectivity index (χ2v) is 7.56. The minimum atomic E-state index is -0.666. The van der Waals surface area contributed by atoms with E-state index in [1.165, 1.54) is 4.90 Å². The Morgan fingerprint density at radius 2 is 1.83 bits per heavy atom. The molecule has 2 heterocycles. The summed E-state index contributed by atoms with van der Waals surface area (Å²) >= 11 is 0. The van der Waals surface area contributed by atoms with Gasteiger partial charge in [0, 0.05) is 11.1 Å². The number of fused-ring (bicyclic) bond motifs is 1. The Hall–Kier alpha value is -3.61. The maximum Gasteiger partial charge on any atom is 0.332 e. The molecule has 1 aliphatic heterocycles. The highest BCUT2D eigenvalue weighted by Gasteiger charge is 2.44. The van der Waals surface area contributed by atoms with Crippen LogP contribution in [0.2, 0.25) is 0 Å². The van der Waals surface area contributed by atoms with Gasteiger partial charge in [0.05, 0.1) is 6.04 Å². The highest BCUT2D eigenvalue weighted by molar-refractivity contribution is 6.15. The lowest BCUT2D eigenvalue weighted by atomic mass is 10.2. The summed E-state index contributed by atoms with van der Waals surface area (Å²) in [4.78, 5) is 40.5. The molecule has 0 radical (unpaired) electrons. The Labute approximate surface area is 174 Å². The normalized spacial score (nSPS) is 17.6. The van der Waals surface area contributed by atoms with Gasteiger partial charge in [0.15, 0.2) is 0 Å². The quantitative estimate of drug-likeness (QED) is 0.655. The average molecular weight is 405 g/mol. The van der Waals surface area contributed by atoms with Crippen LogP contribution in [-0.4, -0.2) is 35.3 Å². The molecule has 7 nitrogen and oxygen atoms in total. The zero-order valence-corrected chi connectivity index (χ0v) is 17.1. The van der Waals surface area contributed by atoms with Crippen LogP contribution in [-0.2, 0) is 9.59 Å². The van der Waals surface area contributed by atoms with Crippen molar-refractivity contribution in [1.82, 2.24) is 10.2 Å². The molecule has 1 N–H and O–H groups in total. The van der Waals surface area contributed by atoms with Gasteiger partial charge < -0.3 is 9.73 Å². The molecular formula is C23H23N3O4. The van der Waals surface area contributed by atoms with Gasteiger partial charge >= 0.3 is 6.03 Å². The molecule has 7 heteroatoms. The van der Waals surface area contributed by atoms with Gasteiger partial charge in [-0.2, -0.15) is 0 Å². The highest BCUT2D eigenvalue weighted by atomic mass is 16.3. The number of nitrogens with zero attached hydrogens (tertiary/aromatic N) is 2. The summed E-state index contributed by atoms with van der Waals surface area (Å²) in [5.41, 5.74) is 2.42. The Balaban J connectivity index is 1.45. The third-order valence-electron chi connectivity index (χ3n) is 5.31. The maximum absolute atomic E-state index is 12.9. The van der Waals surface area contributed by atoms with Gasteiger partial charge in [-0.3, -0.25) is 19.4 Å². The maximum atomic E-state index is 12.9. The summed E-state index contributed by atoms with van der Waals surface area (Å²) < 4.78 is 5.77. The minimum absolute atomic E-state index is 0.338. The first-order valence-electron chi connectivity index (χ1n) is 9.84. The zero-order valence-electron chi connectivity index (χ0n) is 17.1. The Morgan fingerprint density at radius 3 is 2.53 bits per heavy atom. The number of furan rings is 1. The molecule has 0 spiro atoms. The number of anilines is 1. The molecule has 1 fully saturated rings. The van der Waals surface area contributed by atoms with Crippen LogP contribution in [0.25, 0.3) is 11.0 Å². The first-order valence-corrected chi connectivity index (χ1v) is 9.84. The lowest BCUT2D eigenvalue weighted by Gasteiger charge is -2.19. The summed E-state index contributed by atoms with van der Waals surface area (Å²) in [7, 11) is 0. The van der Waals surface area contributed by atoms with Crippen LogP contribution >= 0.6 is 0 Å². The van der Waals surface area contributed by atoms with E-state index in [2.05, 4.69) is 5.32 Å². The number of carbonyl (C=O) groups excluding carboxylic acids is 3. The average Bonchev–Trinajstić information content (AvgIpc) is 3.24. The molecule has 4 rings (SSSR count). The monoisotopic (exact) mass is 405 g/mol. The number of rotatable bonds is 5. The van der Waals surface area contributed by atoms with E-state index in [9.17, 15) is 14.4 Å². The predicted octanol–water partition coefficient (Wildman–Crippen LogP) is 3.78. The van der Waals surface area contributed by atoms with Crippen molar-refractivity contribution in [3.63, 3.8) is 0 Å². The van der Waals surface area contributed by atoms with Crippen LogP contribution in [0.4, 0.5) is 10.5 Å². The Morgan fingerprint density at radius 1 is 1.13 bits per heavy atom. The summed E-state index contributed by atoms with van der Waals surface area (Å²) in [5, 5.41) is 3.75. The Kier molecular flexibility index (Phi) is 5.03. The van der Waals surface area contributed by atoms with Gasteiger partial charge in [-0.25, -0.2) is 4.79 Å². The molecule has 1 aliphatic rings. The zero-order chi connectivity index (χ0) is 21.4. The summed E-state index contributed by atoms with van der Waals surface area (Å²) in [6, 6.07) is 15.2. The van der Waals surface area contributed by atoms with Gasteiger partial charge in [-0.05, 0) is 45.0 Å². The molecule has 0 unspecified atom stereocenters. The number of imide groups is 1. The third kappa shape index (κ3) is 3.54. The molecule has 154 valence electrons. The second kappa shape index (κ2) is 7.67. The van der Waals surface area contributed by atoms with Gasteiger partial charge in [0.1, 0.15) is 23.9 Å². The van der Waals surface area contributed by atoms with Crippen molar-refractivity contribution < 1.29 is 18.8 Å². The lowest BCUT2D eigenvalue weighted by Crippen LogP contribution is -2.42. The van der Waals surface area contributed by atoms with Crippen LogP contribution in [0.15, 0.2) is 59.0 Å². The van der Waals surface area contributed by atoms with Crippen LogP contribution < -0.4 is 10.2 Å².